The number of likely N-dealkylation sites (N-methyl/N-ethyl adjacent to an activating group) is 1. The fraction of sp³-hybridized carbons (Fsp3) is 0.467. The number of anilines is 2. The molecule has 126 valence electrons. The van der Waals surface area contributed by atoms with Crippen LogP contribution in [0.5, 0.6) is 0 Å². The molecule has 8 heteroatoms. The highest BCUT2D eigenvalue weighted by molar-refractivity contribution is 7.91. The summed E-state index contributed by atoms with van der Waals surface area (Å²) in [5.74, 6) is -1.59. The summed E-state index contributed by atoms with van der Waals surface area (Å²) in [5, 5.41) is 2.51. The van der Waals surface area contributed by atoms with Crippen LogP contribution in [0, 0.1) is 6.92 Å². The number of carbonyl (C=O) groups is 2. The fourth-order valence-electron chi connectivity index (χ4n) is 2.67. The van der Waals surface area contributed by atoms with Gasteiger partial charge < -0.3 is 16.0 Å². The predicted molar refractivity (Wildman–Crippen MR) is 88.7 cm³/mol. The maximum absolute atomic E-state index is 12.4. The van der Waals surface area contributed by atoms with E-state index < -0.39 is 27.7 Å². The molecule has 0 radical (unpaired) electrons. The van der Waals surface area contributed by atoms with Crippen LogP contribution in [0.4, 0.5) is 11.4 Å². The summed E-state index contributed by atoms with van der Waals surface area (Å²) in [6, 6.07) is 4.68. The van der Waals surface area contributed by atoms with Crippen LogP contribution in [0.2, 0.25) is 0 Å². The molecule has 1 fully saturated rings. The Kier molecular flexibility index (Phi) is 4.93. The van der Waals surface area contributed by atoms with Gasteiger partial charge in [-0.2, -0.15) is 0 Å². The van der Waals surface area contributed by atoms with Crippen molar-refractivity contribution in [2.75, 3.05) is 29.1 Å². The number of hydrogen-bond donors (Lipinski definition) is 2. The Hall–Kier alpha value is -2.09. The summed E-state index contributed by atoms with van der Waals surface area (Å²) in [7, 11) is -3.13. The molecule has 1 atom stereocenters. The Morgan fingerprint density at radius 1 is 1.39 bits per heavy atom. The van der Waals surface area contributed by atoms with Crippen LogP contribution in [0.25, 0.3) is 0 Å². The molecule has 3 N–H and O–H groups in total. The quantitative estimate of drug-likeness (QED) is 0.617. The monoisotopic (exact) mass is 339 g/mol. The normalized spacial score (nSPS) is 19.3. The van der Waals surface area contributed by atoms with Gasteiger partial charge in [-0.3, -0.25) is 9.59 Å². The zero-order chi connectivity index (χ0) is 17.2. The van der Waals surface area contributed by atoms with Crippen molar-refractivity contribution in [1.82, 2.24) is 4.90 Å². The summed E-state index contributed by atoms with van der Waals surface area (Å²) in [6.07, 6.45) is 0.363. The van der Waals surface area contributed by atoms with Gasteiger partial charge in [-0.25, -0.2) is 8.42 Å². The van der Waals surface area contributed by atoms with Crippen molar-refractivity contribution in [3.63, 3.8) is 0 Å². The molecule has 1 aromatic carbocycles. The second-order valence-electron chi connectivity index (χ2n) is 5.69. The van der Waals surface area contributed by atoms with Gasteiger partial charge in [0.1, 0.15) is 0 Å². The minimum Gasteiger partial charge on any atom is -0.397 e. The molecule has 23 heavy (non-hydrogen) atoms. The number of hydrogen-bond acceptors (Lipinski definition) is 5. The molecular weight excluding hydrogens is 318 g/mol. The lowest BCUT2D eigenvalue weighted by atomic mass is 10.2. The van der Waals surface area contributed by atoms with Gasteiger partial charge >= 0.3 is 11.8 Å². The van der Waals surface area contributed by atoms with Crippen LogP contribution in [0.1, 0.15) is 18.9 Å². The van der Waals surface area contributed by atoms with E-state index in [1.807, 2.05) is 6.92 Å². The molecule has 0 bridgehead atoms. The Balaban J connectivity index is 2.11. The zero-order valence-electron chi connectivity index (χ0n) is 13.2. The van der Waals surface area contributed by atoms with Gasteiger partial charge in [-0.1, -0.05) is 6.07 Å². The van der Waals surface area contributed by atoms with Crippen LogP contribution >= 0.6 is 0 Å². The summed E-state index contributed by atoms with van der Waals surface area (Å²) < 4.78 is 23.1. The highest BCUT2D eigenvalue weighted by Crippen LogP contribution is 2.21. The third kappa shape index (κ3) is 4.01. The molecule has 1 aliphatic heterocycles. The molecule has 1 unspecified atom stereocenters. The van der Waals surface area contributed by atoms with E-state index in [9.17, 15) is 18.0 Å². The van der Waals surface area contributed by atoms with Crippen molar-refractivity contribution in [2.45, 2.75) is 26.3 Å². The molecule has 7 nitrogen and oxygen atoms in total. The average Bonchev–Trinajstić information content (AvgIpc) is 2.83. The van der Waals surface area contributed by atoms with Crippen molar-refractivity contribution in [2.24, 2.45) is 0 Å². The maximum Gasteiger partial charge on any atom is 0.313 e. The Bertz CT molecular complexity index is 730. The molecule has 1 aliphatic rings. The van der Waals surface area contributed by atoms with Gasteiger partial charge in [0.2, 0.25) is 0 Å². The van der Waals surface area contributed by atoms with Gasteiger partial charge in [0, 0.05) is 12.6 Å². The van der Waals surface area contributed by atoms with Gasteiger partial charge in [-0.05, 0) is 38.0 Å². The van der Waals surface area contributed by atoms with Gasteiger partial charge in [0.25, 0.3) is 0 Å². The Labute approximate surface area is 135 Å². The van der Waals surface area contributed by atoms with E-state index in [4.69, 9.17) is 5.73 Å². The standard InChI is InChI=1S/C15H21N3O4S/c1-3-18(11-6-7-23(21,22)9-11)15(20)14(19)17-13-8-10(2)4-5-12(13)16/h4-5,8,11H,3,6-7,9,16H2,1-2H3,(H,17,19). The number of sulfone groups is 1. The smallest absolute Gasteiger partial charge is 0.313 e. The number of nitrogens with zero attached hydrogens (tertiary/aromatic N) is 1. The van der Waals surface area contributed by atoms with E-state index in [1.165, 1.54) is 4.90 Å². The van der Waals surface area contributed by atoms with Crippen molar-refractivity contribution in [3.8, 4) is 0 Å². The molecule has 0 spiro atoms. The summed E-state index contributed by atoms with van der Waals surface area (Å²) in [4.78, 5) is 25.8. The second-order valence-corrected chi connectivity index (χ2v) is 7.92. The molecule has 2 rings (SSSR count). The lowest BCUT2D eigenvalue weighted by molar-refractivity contribution is -0.144. The molecule has 2 amide bonds. The van der Waals surface area contributed by atoms with E-state index in [1.54, 1.807) is 25.1 Å². The van der Waals surface area contributed by atoms with E-state index in [0.717, 1.165) is 5.56 Å². The average molecular weight is 339 g/mol. The molecule has 1 aromatic rings. The zero-order valence-corrected chi connectivity index (χ0v) is 14.0. The van der Waals surface area contributed by atoms with Crippen molar-refractivity contribution < 1.29 is 18.0 Å². The minimum atomic E-state index is -3.13. The minimum absolute atomic E-state index is 0.0495. The SMILES string of the molecule is CCN(C(=O)C(=O)Nc1cc(C)ccc1N)C1CCS(=O)(=O)C1. The number of amides is 2. The van der Waals surface area contributed by atoms with Gasteiger partial charge in [-0.15, -0.1) is 0 Å². The van der Waals surface area contributed by atoms with E-state index >= 15 is 0 Å². The van der Waals surface area contributed by atoms with Crippen molar-refractivity contribution >= 4 is 33.0 Å². The number of nitrogens with one attached hydrogen (secondary N) is 1. The first-order valence-corrected chi connectivity index (χ1v) is 9.24. The maximum atomic E-state index is 12.4. The number of aryl methyl sites for hydroxylation is 1. The van der Waals surface area contributed by atoms with Gasteiger partial charge in [0.15, 0.2) is 9.84 Å². The summed E-state index contributed by atoms with van der Waals surface area (Å²) in [5.41, 5.74) is 7.42. The number of carbonyl (C=O) groups excluding carboxylic acids is 2. The number of nitrogen functional groups attached to an aromatic ring is 1. The molecule has 1 heterocycles. The number of benzene rings is 1. The van der Waals surface area contributed by atoms with Crippen LogP contribution in [-0.4, -0.2) is 49.2 Å². The van der Waals surface area contributed by atoms with E-state index in [2.05, 4.69) is 5.32 Å². The van der Waals surface area contributed by atoms with E-state index in [-0.39, 0.29) is 18.1 Å². The molecule has 0 aliphatic carbocycles. The number of nitrogens with two attached hydrogens (primary N) is 1. The predicted octanol–water partition coefficient (Wildman–Crippen LogP) is 0.551. The first kappa shape index (κ1) is 17.3. The van der Waals surface area contributed by atoms with Crippen molar-refractivity contribution in [1.29, 1.82) is 0 Å². The molecule has 0 saturated carbocycles. The van der Waals surface area contributed by atoms with Crippen LogP contribution in [0.3, 0.4) is 0 Å². The van der Waals surface area contributed by atoms with Crippen molar-refractivity contribution in [3.05, 3.63) is 23.8 Å². The van der Waals surface area contributed by atoms with Crippen LogP contribution in [-0.2, 0) is 19.4 Å². The third-order valence-corrected chi connectivity index (χ3v) is 5.65. The number of rotatable bonds is 3. The molecular formula is C15H21N3O4S. The third-order valence-electron chi connectivity index (χ3n) is 3.90. The Morgan fingerprint density at radius 2 is 2.09 bits per heavy atom. The summed E-state index contributed by atoms with van der Waals surface area (Å²) >= 11 is 0. The van der Waals surface area contributed by atoms with Gasteiger partial charge in [0.05, 0.1) is 22.9 Å². The van der Waals surface area contributed by atoms with Crippen LogP contribution in [0.15, 0.2) is 18.2 Å². The lowest BCUT2D eigenvalue weighted by Gasteiger charge is -2.26. The second kappa shape index (κ2) is 6.57. The fourth-order valence-corrected chi connectivity index (χ4v) is 4.40. The lowest BCUT2D eigenvalue weighted by Crippen LogP contribution is -2.46. The summed E-state index contributed by atoms with van der Waals surface area (Å²) in [6.45, 7) is 3.84. The Morgan fingerprint density at radius 3 is 2.65 bits per heavy atom. The highest BCUT2D eigenvalue weighted by Gasteiger charge is 2.36. The van der Waals surface area contributed by atoms with Crippen LogP contribution < -0.4 is 11.1 Å². The van der Waals surface area contributed by atoms with E-state index in [0.29, 0.717) is 17.8 Å². The topological polar surface area (TPSA) is 110 Å². The largest absolute Gasteiger partial charge is 0.397 e. The first-order chi connectivity index (χ1) is 10.7. The first-order valence-electron chi connectivity index (χ1n) is 7.42. The highest BCUT2D eigenvalue weighted by atomic mass is 32.2. The molecule has 1 saturated heterocycles. The molecule has 0 aromatic heterocycles.